The number of carbonyl (C=O) groups excluding carboxylic acids is 2. The first-order valence-electron chi connectivity index (χ1n) is 8.94. The van der Waals surface area contributed by atoms with Gasteiger partial charge in [0.15, 0.2) is 6.10 Å². The number of benzene rings is 2. The van der Waals surface area contributed by atoms with Gasteiger partial charge in [0.25, 0.3) is 5.91 Å². The van der Waals surface area contributed by atoms with Crippen molar-refractivity contribution in [1.29, 1.82) is 0 Å². The van der Waals surface area contributed by atoms with E-state index < -0.39 is 23.8 Å². The van der Waals surface area contributed by atoms with Crippen LogP contribution in [0, 0.1) is 5.82 Å². The van der Waals surface area contributed by atoms with E-state index in [1.807, 2.05) is 24.3 Å². The van der Waals surface area contributed by atoms with Crippen LogP contribution in [0.5, 0.6) is 0 Å². The van der Waals surface area contributed by atoms with Gasteiger partial charge < -0.3 is 10.1 Å². The fraction of sp³-hybridized carbons (Fsp3) is 0.273. The smallest absolute Gasteiger partial charge is 0.331 e. The van der Waals surface area contributed by atoms with E-state index in [9.17, 15) is 14.0 Å². The van der Waals surface area contributed by atoms with Gasteiger partial charge in [0.2, 0.25) is 0 Å². The van der Waals surface area contributed by atoms with Crippen molar-refractivity contribution in [3.8, 4) is 0 Å². The van der Waals surface area contributed by atoms with Crippen molar-refractivity contribution in [2.75, 3.05) is 5.32 Å². The molecule has 2 aromatic carbocycles. The van der Waals surface area contributed by atoms with Gasteiger partial charge in [-0.15, -0.1) is 0 Å². The molecule has 0 aliphatic rings. The molecule has 142 valence electrons. The minimum absolute atomic E-state index is 0.300. The Morgan fingerprint density at radius 1 is 1.15 bits per heavy atom. The van der Waals surface area contributed by atoms with Crippen molar-refractivity contribution in [1.82, 2.24) is 0 Å². The molecule has 4 nitrogen and oxygen atoms in total. The quantitative estimate of drug-likeness (QED) is 0.556. The Balaban J connectivity index is 1.97. The van der Waals surface area contributed by atoms with Crippen LogP contribution in [0.2, 0.25) is 0 Å². The fourth-order valence-electron chi connectivity index (χ4n) is 2.54. The highest BCUT2D eigenvalue weighted by atomic mass is 19.1. The van der Waals surface area contributed by atoms with E-state index in [-0.39, 0.29) is 0 Å². The number of carbonyl (C=O) groups is 2. The van der Waals surface area contributed by atoms with E-state index in [0.29, 0.717) is 11.5 Å². The number of rotatable bonds is 7. The summed E-state index contributed by atoms with van der Waals surface area (Å²) in [5.74, 6) is -1.16. The molecule has 0 aromatic heterocycles. The van der Waals surface area contributed by atoms with Crippen molar-refractivity contribution in [3.63, 3.8) is 0 Å². The third kappa shape index (κ3) is 6.06. The average Bonchev–Trinajstić information content (AvgIpc) is 2.66. The van der Waals surface area contributed by atoms with Crippen LogP contribution in [-0.4, -0.2) is 18.0 Å². The highest BCUT2D eigenvalue weighted by Gasteiger charge is 2.18. The molecule has 0 radical (unpaired) electrons. The molecule has 0 aliphatic heterocycles. The van der Waals surface area contributed by atoms with Crippen LogP contribution in [0.25, 0.3) is 6.08 Å². The summed E-state index contributed by atoms with van der Waals surface area (Å²) in [4.78, 5) is 24.3. The van der Waals surface area contributed by atoms with E-state index in [2.05, 4.69) is 19.2 Å². The van der Waals surface area contributed by atoms with Crippen LogP contribution in [-0.2, 0) is 14.3 Å². The second kappa shape index (κ2) is 9.67. The lowest BCUT2D eigenvalue weighted by atomic mass is 9.97. The van der Waals surface area contributed by atoms with Gasteiger partial charge in [-0.05, 0) is 54.7 Å². The number of anilines is 1. The molecule has 1 N–H and O–H groups in total. The average molecular weight is 369 g/mol. The lowest BCUT2D eigenvalue weighted by Gasteiger charge is -2.17. The van der Waals surface area contributed by atoms with E-state index in [1.54, 1.807) is 12.1 Å². The molecular weight excluding hydrogens is 345 g/mol. The topological polar surface area (TPSA) is 55.4 Å². The van der Waals surface area contributed by atoms with Gasteiger partial charge in [-0.2, -0.15) is 0 Å². The van der Waals surface area contributed by atoms with Gasteiger partial charge in [0, 0.05) is 11.8 Å². The predicted octanol–water partition coefficient (Wildman–Crippen LogP) is 4.92. The van der Waals surface area contributed by atoms with Crippen molar-refractivity contribution in [2.24, 2.45) is 0 Å². The number of para-hydroxylation sites is 1. The summed E-state index contributed by atoms with van der Waals surface area (Å²) >= 11 is 0. The maximum Gasteiger partial charge on any atom is 0.331 e. The zero-order valence-corrected chi connectivity index (χ0v) is 15.7. The largest absolute Gasteiger partial charge is 0.449 e. The zero-order valence-electron chi connectivity index (χ0n) is 15.7. The normalized spacial score (nSPS) is 13.2. The molecule has 0 saturated carbocycles. The van der Waals surface area contributed by atoms with Crippen molar-refractivity contribution < 1.29 is 18.7 Å². The molecule has 2 rings (SSSR count). The first kappa shape index (κ1) is 20.4. The van der Waals surface area contributed by atoms with Gasteiger partial charge in [0.05, 0.1) is 0 Å². The zero-order chi connectivity index (χ0) is 19.8. The summed E-state index contributed by atoms with van der Waals surface area (Å²) in [6.45, 7) is 5.68. The summed E-state index contributed by atoms with van der Waals surface area (Å²) < 4.78 is 18.3. The first-order chi connectivity index (χ1) is 12.9. The Morgan fingerprint density at radius 3 is 2.59 bits per heavy atom. The van der Waals surface area contributed by atoms with E-state index in [1.165, 1.54) is 31.2 Å². The molecule has 2 atom stereocenters. The molecule has 0 bridgehead atoms. The Hall–Kier alpha value is -2.95. The Morgan fingerprint density at radius 2 is 1.89 bits per heavy atom. The van der Waals surface area contributed by atoms with Crippen LogP contribution in [0.1, 0.15) is 44.2 Å². The summed E-state index contributed by atoms with van der Waals surface area (Å²) in [5.41, 5.74) is 2.29. The molecule has 0 heterocycles. The number of nitrogens with one attached hydrogen (secondary N) is 1. The highest BCUT2D eigenvalue weighted by Crippen LogP contribution is 2.26. The number of hydrogen-bond donors (Lipinski definition) is 1. The summed E-state index contributed by atoms with van der Waals surface area (Å²) in [5, 5.41) is 2.82. The number of esters is 1. The van der Waals surface area contributed by atoms with E-state index in [4.69, 9.17) is 4.74 Å². The van der Waals surface area contributed by atoms with Crippen LogP contribution >= 0.6 is 0 Å². The maximum absolute atomic E-state index is 13.1. The standard InChI is InChI=1S/C22H24FNO3/c1-4-15(2)19-10-5-6-11-20(19)24-22(26)16(3)27-21(25)13-12-17-8-7-9-18(23)14-17/h5-16H,4H2,1-3H3,(H,24,26)/b13-12+/t15-,16-/m0/s1. The fourth-order valence-corrected chi connectivity index (χ4v) is 2.54. The Bertz CT molecular complexity index is 832. The minimum atomic E-state index is -0.959. The second-order valence-electron chi connectivity index (χ2n) is 6.35. The molecular formula is C22H24FNO3. The number of ether oxygens (including phenoxy) is 1. The van der Waals surface area contributed by atoms with Gasteiger partial charge in [-0.3, -0.25) is 4.79 Å². The van der Waals surface area contributed by atoms with Gasteiger partial charge in [-0.25, -0.2) is 9.18 Å². The first-order valence-corrected chi connectivity index (χ1v) is 8.94. The van der Waals surface area contributed by atoms with Crippen molar-refractivity contribution in [2.45, 2.75) is 39.2 Å². The monoisotopic (exact) mass is 369 g/mol. The van der Waals surface area contributed by atoms with Crippen LogP contribution < -0.4 is 5.32 Å². The SMILES string of the molecule is CC[C@H](C)c1ccccc1NC(=O)[C@H](C)OC(=O)/C=C/c1cccc(F)c1. The van der Waals surface area contributed by atoms with Crippen molar-refractivity contribution in [3.05, 3.63) is 71.6 Å². The summed E-state index contributed by atoms with van der Waals surface area (Å²) in [6, 6.07) is 13.4. The molecule has 1 amide bonds. The van der Waals surface area contributed by atoms with Gasteiger partial charge in [0.1, 0.15) is 5.82 Å². The lowest BCUT2D eigenvalue weighted by Crippen LogP contribution is -2.29. The maximum atomic E-state index is 13.1. The Kier molecular flexibility index (Phi) is 7.29. The molecule has 0 aliphatic carbocycles. The number of amides is 1. The molecule has 0 fully saturated rings. The van der Waals surface area contributed by atoms with Crippen LogP contribution in [0.4, 0.5) is 10.1 Å². The molecule has 5 heteroatoms. The molecule has 0 saturated heterocycles. The molecule has 2 aromatic rings. The third-order valence-corrected chi connectivity index (χ3v) is 4.28. The second-order valence-corrected chi connectivity index (χ2v) is 6.35. The van der Waals surface area contributed by atoms with Crippen molar-refractivity contribution >= 4 is 23.6 Å². The highest BCUT2D eigenvalue weighted by molar-refractivity contribution is 5.97. The summed E-state index contributed by atoms with van der Waals surface area (Å²) in [6.07, 6.45) is 2.60. The van der Waals surface area contributed by atoms with Gasteiger partial charge >= 0.3 is 5.97 Å². The van der Waals surface area contributed by atoms with E-state index >= 15 is 0 Å². The minimum Gasteiger partial charge on any atom is -0.449 e. The third-order valence-electron chi connectivity index (χ3n) is 4.28. The molecule has 0 unspecified atom stereocenters. The van der Waals surface area contributed by atoms with Crippen LogP contribution in [0.3, 0.4) is 0 Å². The van der Waals surface area contributed by atoms with Gasteiger partial charge in [-0.1, -0.05) is 44.2 Å². The summed E-state index contributed by atoms with van der Waals surface area (Å²) in [7, 11) is 0. The van der Waals surface area contributed by atoms with E-state index in [0.717, 1.165) is 17.7 Å². The molecule has 0 spiro atoms. The predicted molar refractivity (Wildman–Crippen MR) is 105 cm³/mol. The lowest BCUT2D eigenvalue weighted by molar-refractivity contribution is -0.148. The number of halogens is 1. The van der Waals surface area contributed by atoms with Crippen LogP contribution in [0.15, 0.2) is 54.6 Å². The Labute approximate surface area is 159 Å². The number of hydrogen-bond acceptors (Lipinski definition) is 3. The molecule has 27 heavy (non-hydrogen) atoms.